The lowest BCUT2D eigenvalue weighted by atomic mass is 9.77. The Morgan fingerprint density at radius 2 is 1.64 bits per heavy atom. The molecule has 28 heavy (non-hydrogen) atoms. The maximum absolute atomic E-state index is 12.7. The number of hydrogen-bond acceptors (Lipinski definition) is 4. The molecule has 1 unspecified atom stereocenters. The highest BCUT2D eigenvalue weighted by molar-refractivity contribution is 6.32. The zero-order valence-corrected chi connectivity index (χ0v) is 16.3. The molecule has 2 aliphatic heterocycles. The number of carbonyl (C=O) groups is 1. The molecule has 5 rings (SSSR count). The van der Waals surface area contributed by atoms with E-state index in [9.17, 15) is 9.90 Å². The maximum Gasteiger partial charge on any atom is 0.340 e. The lowest BCUT2D eigenvalue weighted by molar-refractivity contribution is 0.0224. The Kier molecular flexibility index (Phi) is 3.67. The Labute approximate surface area is 171 Å². The highest BCUT2D eigenvalue weighted by Crippen LogP contribution is 2.58. The third-order valence-corrected chi connectivity index (χ3v) is 5.98. The molecule has 0 saturated heterocycles. The number of aryl methyl sites for hydroxylation is 1. The largest absolute Gasteiger partial charge is 0.506 e. The number of aromatic hydroxyl groups is 1. The number of ether oxygens (including phenoxy) is 2. The molecule has 0 bridgehead atoms. The van der Waals surface area contributed by atoms with Gasteiger partial charge in [0.1, 0.15) is 17.2 Å². The Morgan fingerprint density at radius 3 is 2.39 bits per heavy atom. The standard InChI is InChI=1S/C22H14Cl2O4/c1-2-11-7-19-14(8-16(11)23)22(13-6-4-3-5-12(13)21(26)28-22)15-9-17(24)18(25)10-20(15)27-19/h3-10,25H,2H2,1H3. The third-order valence-electron chi connectivity index (χ3n) is 5.33. The van der Waals surface area contributed by atoms with Gasteiger partial charge in [-0.3, -0.25) is 0 Å². The number of phenols is 1. The summed E-state index contributed by atoms with van der Waals surface area (Å²) in [4.78, 5) is 12.7. The van der Waals surface area contributed by atoms with Gasteiger partial charge in [0.15, 0.2) is 5.60 Å². The first-order valence-corrected chi connectivity index (χ1v) is 9.58. The van der Waals surface area contributed by atoms with Gasteiger partial charge in [-0.1, -0.05) is 48.3 Å². The first-order chi connectivity index (χ1) is 13.5. The average Bonchev–Trinajstić information content (AvgIpc) is 2.98. The lowest BCUT2D eigenvalue weighted by Crippen LogP contribution is -2.33. The highest BCUT2D eigenvalue weighted by Gasteiger charge is 2.54. The second kappa shape index (κ2) is 5.90. The van der Waals surface area contributed by atoms with Crippen molar-refractivity contribution >= 4 is 29.2 Å². The van der Waals surface area contributed by atoms with Gasteiger partial charge in [0.25, 0.3) is 0 Å². The van der Waals surface area contributed by atoms with Crippen LogP contribution in [0.1, 0.15) is 39.5 Å². The molecule has 0 aromatic heterocycles. The number of carbonyl (C=O) groups excluding carboxylic acids is 1. The normalized spacial score (nSPS) is 18.9. The van der Waals surface area contributed by atoms with Gasteiger partial charge in [0.05, 0.1) is 10.6 Å². The van der Waals surface area contributed by atoms with Crippen molar-refractivity contribution < 1.29 is 19.4 Å². The van der Waals surface area contributed by atoms with E-state index in [4.69, 9.17) is 32.7 Å². The molecule has 3 aromatic rings. The molecule has 2 aliphatic rings. The Balaban J connectivity index is 1.91. The zero-order chi connectivity index (χ0) is 19.6. The van der Waals surface area contributed by atoms with Crippen molar-refractivity contribution in [1.82, 2.24) is 0 Å². The molecule has 3 aromatic carbocycles. The molecule has 1 atom stereocenters. The lowest BCUT2D eigenvalue weighted by Gasteiger charge is -2.37. The summed E-state index contributed by atoms with van der Waals surface area (Å²) in [5, 5.41) is 10.8. The minimum absolute atomic E-state index is 0.110. The van der Waals surface area contributed by atoms with Crippen molar-refractivity contribution in [2.75, 3.05) is 0 Å². The number of esters is 1. The van der Waals surface area contributed by atoms with E-state index in [-0.39, 0.29) is 10.8 Å². The minimum atomic E-state index is -1.25. The number of halogens is 2. The van der Waals surface area contributed by atoms with Gasteiger partial charge in [-0.2, -0.15) is 0 Å². The van der Waals surface area contributed by atoms with Crippen molar-refractivity contribution in [2.45, 2.75) is 18.9 Å². The van der Waals surface area contributed by atoms with E-state index < -0.39 is 11.6 Å². The summed E-state index contributed by atoms with van der Waals surface area (Å²) in [5.74, 6) is 0.360. The quantitative estimate of drug-likeness (QED) is 0.510. The average molecular weight is 413 g/mol. The van der Waals surface area contributed by atoms with Crippen molar-refractivity contribution in [3.05, 3.63) is 86.4 Å². The molecule has 0 amide bonds. The van der Waals surface area contributed by atoms with E-state index in [1.165, 1.54) is 6.07 Å². The van der Waals surface area contributed by atoms with Crippen LogP contribution in [0.4, 0.5) is 0 Å². The summed E-state index contributed by atoms with van der Waals surface area (Å²) in [7, 11) is 0. The number of phenolic OH excluding ortho intramolecular Hbond substituents is 1. The van der Waals surface area contributed by atoms with Crippen LogP contribution in [0, 0.1) is 0 Å². The van der Waals surface area contributed by atoms with Gasteiger partial charge < -0.3 is 14.6 Å². The number of rotatable bonds is 1. The van der Waals surface area contributed by atoms with E-state index in [0.29, 0.717) is 38.8 Å². The van der Waals surface area contributed by atoms with E-state index >= 15 is 0 Å². The fourth-order valence-electron chi connectivity index (χ4n) is 4.01. The molecule has 1 spiro atoms. The molecule has 0 saturated carbocycles. The second-order valence-electron chi connectivity index (χ2n) is 6.81. The molecule has 4 nitrogen and oxygen atoms in total. The smallest absolute Gasteiger partial charge is 0.340 e. The van der Waals surface area contributed by atoms with Gasteiger partial charge in [-0.15, -0.1) is 0 Å². The van der Waals surface area contributed by atoms with E-state index in [1.807, 2.05) is 25.1 Å². The van der Waals surface area contributed by atoms with E-state index in [2.05, 4.69) is 0 Å². The van der Waals surface area contributed by atoms with Gasteiger partial charge in [-0.25, -0.2) is 4.79 Å². The molecule has 0 fully saturated rings. The highest BCUT2D eigenvalue weighted by atomic mass is 35.5. The summed E-state index contributed by atoms with van der Waals surface area (Å²) in [6.45, 7) is 2.00. The van der Waals surface area contributed by atoms with Crippen molar-refractivity contribution in [3.63, 3.8) is 0 Å². The molecular weight excluding hydrogens is 399 g/mol. The number of benzene rings is 3. The first-order valence-electron chi connectivity index (χ1n) is 8.82. The van der Waals surface area contributed by atoms with Crippen LogP contribution >= 0.6 is 23.2 Å². The zero-order valence-electron chi connectivity index (χ0n) is 14.8. The molecule has 2 heterocycles. The molecule has 0 aliphatic carbocycles. The molecule has 0 radical (unpaired) electrons. The van der Waals surface area contributed by atoms with Crippen molar-refractivity contribution in [3.8, 4) is 17.2 Å². The maximum atomic E-state index is 12.7. The fraction of sp³-hybridized carbons (Fsp3) is 0.136. The molecule has 1 N–H and O–H groups in total. The summed E-state index contributed by atoms with van der Waals surface area (Å²) in [5.41, 5.74) is 2.00. The van der Waals surface area contributed by atoms with E-state index in [1.54, 1.807) is 24.3 Å². The van der Waals surface area contributed by atoms with Crippen LogP contribution in [0.25, 0.3) is 0 Å². The third kappa shape index (κ3) is 2.16. The monoisotopic (exact) mass is 412 g/mol. The van der Waals surface area contributed by atoms with Gasteiger partial charge in [0.2, 0.25) is 0 Å². The Bertz CT molecular complexity index is 1170. The first kappa shape index (κ1) is 17.4. The number of fused-ring (bicyclic) bond motifs is 6. The van der Waals surface area contributed by atoms with Crippen LogP contribution in [0.2, 0.25) is 10.0 Å². The molecule has 6 heteroatoms. The SMILES string of the molecule is CCc1cc2c(cc1Cl)C1(OC(=O)c3ccccc31)c1cc(Cl)c(O)cc1O2. The fourth-order valence-corrected chi connectivity index (χ4v) is 4.47. The predicted molar refractivity (Wildman–Crippen MR) is 106 cm³/mol. The Hall–Kier alpha value is -2.69. The summed E-state index contributed by atoms with van der Waals surface area (Å²) in [6.07, 6.45) is 0.720. The van der Waals surface area contributed by atoms with Crippen LogP contribution in [-0.4, -0.2) is 11.1 Å². The summed E-state index contributed by atoms with van der Waals surface area (Å²) in [6, 6.07) is 13.9. The minimum Gasteiger partial charge on any atom is -0.506 e. The second-order valence-corrected chi connectivity index (χ2v) is 7.63. The van der Waals surface area contributed by atoms with Crippen molar-refractivity contribution in [2.24, 2.45) is 0 Å². The topological polar surface area (TPSA) is 55.8 Å². The van der Waals surface area contributed by atoms with Gasteiger partial charge >= 0.3 is 5.97 Å². The summed E-state index contributed by atoms with van der Waals surface area (Å²) >= 11 is 12.7. The van der Waals surface area contributed by atoms with Crippen LogP contribution < -0.4 is 4.74 Å². The van der Waals surface area contributed by atoms with Crippen LogP contribution in [0.5, 0.6) is 17.2 Å². The van der Waals surface area contributed by atoms with Crippen LogP contribution in [0.3, 0.4) is 0 Å². The number of hydrogen-bond donors (Lipinski definition) is 1. The van der Waals surface area contributed by atoms with Gasteiger partial charge in [0, 0.05) is 27.8 Å². The molecule has 140 valence electrons. The van der Waals surface area contributed by atoms with Crippen LogP contribution in [0.15, 0.2) is 48.5 Å². The predicted octanol–water partition coefficient (Wildman–Crippen LogP) is 5.83. The van der Waals surface area contributed by atoms with Crippen LogP contribution in [-0.2, 0) is 16.8 Å². The summed E-state index contributed by atoms with van der Waals surface area (Å²) < 4.78 is 12.1. The van der Waals surface area contributed by atoms with Crippen molar-refractivity contribution in [1.29, 1.82) is 0 Å². The van der Waals surface area contributed by atoms with Gasteiger partial charge in [-0.05, 0) is 36.2 Å². The Morgan fingerprint density at radius 1 is 0.964 bits per heavy atom. The van der Waals surface area contributed by atoms with E-state index in [0.717, 1.165) is 12.0 Å². The molecular formula is C22H14Cl2O4.